The normalized spacial score (nSPS) is 10.2. The lowest BCUT2D eigenvalue weighted by molar-refractivity contribution is -0.126. The lowest BCUT2D eigenvalue weighted by Gasteiger charge is -2.10. The Bertz CT molecular complexity index is 950. The number of amides is 2. The standard InChI is InChI=1S/C19H17F3N2O5/c1-10-3-4-11(7-14(10)28-2)19(27)29-9-16(26)23-8-15(25)24-13-6-5-12(20)17(21)18(13)22/h3-7H,8-9H2,1-2H3,(H,23,26)(H,24,25). The number of hydrogen-bond donors (Lipinski definition) is 2. The van der Waals surface area contributed by atoms with Crippen LogP contribution in [0.4, 0.5) is 18.9 Å². The van der Waals surface area contributed by atoms with Gasteiger partial charge in [0.15, 0.2) is 24.1 Å². The molecule has 0 aliphatic carbocycles. The number of hydrogen-bond acceptors (Lipinski definition) is 5. The van der Waals surface area contributed by atoms with Crippen molar-refractivity contribution in [2.24, 2.45) is 0 Å². The minimum absolute atomic E-state index is 0.173. The molecule has 0 radical (unpaired) electrons. The Labute approximate surface area is 163 Å². The maximum absolute atomic E-state index is 13.5. The molecule has 0 atom stereocenters. The first kappa shape index (κ1) is 21.7. The Kier molecular flexibility index (Phi) is 7.18. The summed E-state index contributed by atoms with van der Waals surface area (Å²) in [6.45, 7) is 0.521. The second kappa shape index (κ2) is 9.58. The van der Waals surface area contributed by atoms with Crippen LogP contribution in [-0.2, 0) is 14.3 Å². The van der Waals surface area contributed by atoms with Gasteiger partial charge in [0.2, 0.25) is 5.91 Å². The number of anilines is 1. The molecule has 154 valence electrons. The van der Waals surface area contributed by atoms with Crippen molar-refractivity contribution in [3.8, 4) is 5.75 Å². The molecule has 2 aromatic rings. The Balaban J connectivity index is 1.81. The summed E-state index contributed by atoms with van der Waals surface area (Å²) in [6.07, 6.45) is 0. The van der Waals surface area contributed by atoms with Gasteiger partial charge in [-0.1, -0.05) is 6.07 Å². The second-order valence-corrected chi connectivity index (χ2v) is 5.81. The average molecular weight is 410 g/mol. The van der Waals surface area contributed by atoms with Crippen molar-refractivity contribution >= 4 is 23.5 Å². The number of rotatable bonds is 7. The van der Waals surface area contributed by atoms with E-state index in [2.05, 4.69) is 5.32 Å². The second-order valence-electron chi connectivity index (χ2n) is 5.81. The van der Waals surface area contributed by atoms with Crippen molar-refractivity contribution in [2.75, 3.05) is 25.6 Å². The van der Waals surface area contributed by atoms with E-state index in [9.17, 15) is 27.6 Å². The molecule has 2 N–H and O–H groups in total. The average Bonchev–Trinajstić information content (AvgIpc) is 2.71. The summed E-state index contributed by atoms with van der Waals surface area (Å²) in [5.41, 5.74) is 0.403. The highest BCUT2D eigenvalue weighted by atomic mass is 19.2. The van der Waals surface area contributed by atoms with Gasteiger partial charge in [-0.3, -0.25) is 9.59 Å². The Hall–Kier alpha value is -3.56. The summed E-state index contributed by atoms with van der Waals surface area (Å²) in [6, 6.07) is 6.09. The first-order valence-electron chi connectivity index (χ1n) is 8.24. The fourth-order valence-corrected chi connectivity index (χ4v) is 2.21. The van der Waals surface area contributed by atoms with Gasteiger partial charge >= 0.3 is 5.97 Å². The quantitative estimate of drug-likeness (QED) is 0.540. The minimum Gasteiger partial charge on any atom is -0.496 e. The third-order valence-electron chi connectivity index (χ3n) is 3.73. The molecule has 2 aromatic carbocycles. The third-order valence-corrected chi connectivity index (χ3v) is 3.73. The molecular weight excluding hydrogens is 393 g/mol. The maximum atomic E-state index is 13.5. The molecule has 0 heterocycles. The van der Waals surface area contributed by atoms with Gasteiger partial charge in [0.1, 0.15) is 5.75 Å². The number of carbonyl (C=O) groups excluding carboxylic acids is 3. The van der Waals surface area contributed by atoms with Gasteiger partial charge in [0, 0.05) is 0 Å². The summed E-state index contributed by atoms with van der Waals surface area (Å²) in [4.78, 5) is 35.4. The van der Waals surface area contributed by atoms with E-state index in [0.29, 0.717) is 11.8 Å². The van der Waals surface area contributed by atoms with Crippen molar-refractivity contribution in [1.82, 2.24) is 5.32 Å². The van der Waals surface area contributed by atoms with Crippen LogP contribution in [0.5, 0.6) is 5.75 Å². The van der Waals surface area contributed by atoms with Gasteiger partial charge in [-0.25, -0.2) is 18.0 Å². The molecule has 0 aliphatic rings. The van der Waals surface area contributed by atoms with Gasteiger partial charge in [0.25, 0.3) is 5.91 Å². The van der Waals surface area contributed by atoms with Crippen LogP contribution in [0.2, 0.25) is 0 Å². The van der Waals surface area contributed by atoms with Crippen LogP contribution < -0.4 is 15.4 Å². The van der Waals surface area contributed by atoms with Crippen LogP contribution in [0.3, 0.4) is 0 Å². The number of methoxy groups -OCH3 is 1. The van der Waals surface area contributed by atoms with Crippen LogP contribution >= 0.6 is 0 Å². The highest BCUT2D eigenvalue weighted by Crippen LogP contribution is 2.20. The lowest BCUT2D eigenvalue weighted by atomic mass is 10.1. The number of halogens is 3. The number of aryl methyl sites for hydroxylation is 1. The molecular formula is C19H17F3N2O5. The summed E-state index contributed by atoms with van der Waals surface area (Å²) >= 11 is 0. The van der Waals surface area contributed by atoms with Gasteiger partial charge in [-0.05, 0) is 36.8 Å². The minimum atomic E-state index is -1.73. The predicted octanol–water partition coefficient (Wildman–Crippen LogP) is 2.33. The highest BCUT2D eigenvalue weighted by Gasteiger charge is 2.16. The molecule has 29 heavy (non-hydrogen) atoms. The smallest absolute Gasteiger partial charge is 0.338 e. The maximum Gasteiger partial charge on any atom is 0.338 e. The molecule has 2 rings (SSSR count). The highest BCUT2D eigenvalue weighted by molar-refractivity contribution is 5.95. The zero-order valence-electron chi connectivity index (χ0n) is 15.5. The molecule has 10 heteroatoms. The Morgan fingerprint density at radius 3 is 2.41 bits per heavy atom. The SMILES string of the molecule is COc1cc(C(=O)OCC(=O)NCC(=O)Nc2ccc(F)c(F)c2F)ccc1C. The van der Waals surface area contributed by atoms with E-state index < -0.39 is 54.1 Å². The van der Waals surface area contributed by atoms with Crippen LogP contribution in [0.15, 0.2) is 30.3 Å². The molecule has 0 bridgehead atoms. The lowest BCUT2D eigenvalue weighted by Crippen LogP contribution is -2.35. The van der Waals surface area contributed by atoms with Gasteiger partial charge in [-0.2, -0.15) is 0 Å². The monoisotopic (exact) mass is 410 g/mol. The molecule has 0 fully saturated rings. The molecule has 0 aromatic heterocycles. The van der Waals surface area contributed by atoms with E-state index in [4.69, 9.17) is 9.47 Å². The van der Waals surface area contributed by atoms with E-state index in [1.165, 1.54) is 19.2 Å². The zero-order chi connectivity index (χ0) is 21.6. The molecule has 0 unspecified atom stereocenters. The fourth-order valence-electron chi connectivity index (χ4n) is 2.21. The van der Waals surface area contributed by atoms with Crippen LogP contribution in [0, 0.1) is 24.4 Å². The molecule has 0 spiro atoms. The zero-order valence-corrected chi connectivity index (χ0v) is 15.5. The Morgan fingerprint density at radius 1 is 1.00 bits per heavy atom. The number of benzene rings is 2. The number of ether oxygens (including phenoxy) is 2. The van der Waals surface area contributed by atoms with Crippen LogP contribution in [0.1, 0.15) is 15.9 Å². The largest absolute Gasteiger partial charge is 0.496 e. The van der Waals surface area contributed by atoms with E-state index in [0.717, 1.165) is 11.6 Å². The molecule has 2 amide bonds. The van der Waals surface area contributed by atoms with E-state index in [1.807, 2.05) is 5.32 Å². The van der Waals surface area contributed by atoms with E-state index in [-0.39, 0.29) is 5.56 Å². The van der Waals surface area contributed by atoms with Crippen molar-refractivity contribution in [2.45, 2.75) is 6.92 Å². The van der Waals surface area contributed by atoms with E-state index >= 15 is 0 Å². The Morgan fingerprint density at radius 2 is 1.72 bits per heavy atom. The summed E-state index contributed by atoms with van der Waals surface area (Å²) < 4.78 is 49.4. The molecule has 0 saturated carbocycles. The summed E-state index contributed by atoms with van der Waals surface area (Å²) in [5, 5.41) is 4.13. The van der Waals surface area contributed by atoms with E-state index in [1.54, 1.807) is 13.0 Å². The van der Waals surface area contributed by atoms with Crippen molar-refractivity contribution < 1.29 is 37.0 Å². The number of nitrogens with one attached hydrogen (secondary N) is 2. The molecule has 7 nitrogen and oxygen atoms in total. The molecule has 0 saturated heterocycles. The number of carbonyl (C=O) groups is 3. The first-order chi connectivity index (χ1) is 13.7. The summed E-state index contributed by atoms with van der Waals surface area (Å²) in [5.74, 6) is -6.67. The summed E-state index contributed by atoms with van der Waals surface area (Å²) in [7, 11) is 1.45. The van der Waals surface area contributed by atoms with Gasteiger partial charge in [-0.15, -0.1) is 0 Å². The van der Waals surface area contributed by atoms with Crippen LogP contribution in [0.25, 0.3) is 0 Å². The predicted molar refractivity (Wildman–Crippen MR) is 96.0 cm³/mol. The fraction of sp³-hybridized carbons (Fsp3) is 0.211. The van der Waals surface area contributed by atoms with Gasteiger partial charge in [0.05, 0.1) is 24.9 Å². The van der Waals surface area contributed by atoms with Gasteiger partial charge < -0.3 is 20.1 Å². The third kappa shape index (κ3) is 5.71. The first-order valence-corrected chi connectivity index (χ1v) is 8.24. The van der Waals surface area contributed by atoms with Crippen molar-refractivity contribution in [3.63, 3.8) is 0 Å². The topological polar surface area (TPSA) is 93.7 Å². The van der Waals surface area contributed by atoms with Crippen molar-refractivity contribution in [3.05, 3.63) is 58.9 Å². The molecule has 0 aliphatic heterocycles. The van der Waals surface area contributed by atoms with Crippen molar-refractivity contribution in [1.29, 1.82) is 0 Å². The number of esters is 1. The van der Waals surface area contributed by atoms with Crippen LogP contribution in [-0.4, -0.2) is 38.0 Å².